The third-order valence-electron chi connectivity index (χ3n) is 7.92. The van der Waals surface area contributed by atoms with Crippen LogP contribution in [0.2, 0.25) is 0 Å². The summed E-state index contributed by atoms with van der Waals surface area (Å²) in [6.45, 7) is 2.86. The number of rotatable bonds is 6. The van der Waals surface area contributed by atoms with Crippen LogP contribution in [0.3, 0.4) is 0 Å². The van der Waals surface area contributed by atoms with Gasteiger partial charge in [0.05, 0.1) is 17.9 Å². The van der Waals surface area contributed by atoms with Crippen molar-refractivity contribution >= 4 is 45.5 Å². The van der Waals surface area contributed by atoms with Gasteiger partial charge < -0.3 is 19.0 Å². The molecule has 1 N–H and O–H groups in total. The summed E-state index contributed by atoms with van der Waals surface area (Å²) in [5.41, 5.74) is 0.833. The van der Waals surface area contributed by atoms with Gasteiger partial charge in [0.15, 0.2) is 0 Å². The first-order valence-corrected chi connectivity index (χ1v) is 13.9. The second-order valence-electron chi connectivity index (χ2n) is 10.6. The van der Waals surface area contributed by atoms with E-state index in [9.17, 15) is 14.7 Å². The lowest BCUT2D eigenvalue weighted by Crippen LogP contribution is -2.47. The molecule has 0 unspecified atom stereocenters. The number of carboxylic acids is 1. The highest BCUT2D eigenvalue weighted by atomic mass is 32.1. The van der Waals surface area contributed by atoms with Gasteiger partial charge in [-0.3, -0.25) is 9.69 Å². The molecular weight excluding hydrogens is 545 g/mol. The summed E-state index contributed by atoms with van der Waals surface area (Å²) in [6, 6.07) is 17.1. The molecule has 41 heavy (non-hydrogen) atoms. The highest BCUT2D eigenvalue weighted by Gasteiger charge is 2.28. The minimum atomic E-state index is -1.30. The highest BCUT2D eigenvalue weighted by molar-refractivity contribution is 7.71. The van der Waals surface area contributed by atoms with E-state index >= 15 is 4.39 Å². The number of anilines is 1. The maximum absolute atomic E-state index is 15.3. The molecule has 5 aromatic rings. The van der Waals surface area contributed by atoms with Crippen molar-refractivity contribution in [2.45, 2.75) is 25.6 Å². The monoisotopic (exact) mass is 571 g/mol. The molecular formula is C30H26FN5O4S. The molecule has 1 saturated heterocycles. The third kappa shape index (κ3) is 4.70. The van der Waals surface area contributed by atoms with E-state index in [2.05, 4.69) is 16.1 Å². The predicted molar refractivity (Wildman–Crippen MR) is 155 cm³/mol. The van der Waals surface area contributed by atoms with Crippen molar-refractivity contribution in [2.75, 3.05) is 31.1 Å². The lowest BCUT2D eigenvalue weighted by molar-refractivity contribution is 0.0695. The average Bonchev–Trinajstić information content (AvgIpc) is 3.76. The molecule has 7 rings (SSSR count). The zero-order chi connectivity index (χ0) is 28.2. The van der Waals surface area contributed by atoms with Gasteiger partial charge in [0.2, 0.25) is 11.3 Å². The number of hydrogen-bond acceptors (Lipinski definition) is 7. The van der Waals surface area contributed by atoms with E-state index in [1.165, 1.54) is 12.3 Å². The molecule has 0 atom stereocenters. The number of aromatic nitrogens is 3. The number of nitrogens with zero attached hydrogens (tertiary/aromatic N) is 5. The first-order chi connectivity index (χ1) is 19.9. The number of pyridine rings is 1. The Bertz CT molecular complexity index is 1950. The lowest BCUT2D eigenvalue weighted by Gasteiger charge is -2.36. The fourth-order valence-corrected chi connectivity index (χ4v) is 5.74. The van der Waals surface area contributed by atoms with Gasteiger partial charge in [0, 0.05) is 49.4 Å². The molecule has 3 aromatic carbocycles. The van der Waals surface area contributed by atoms with E-state index in [1.807, 2.05) is 45.9 Å². The van der Waals surface area contributed by atoms with Crippen molar-refractivity contribution in [1.82, 2.24) is 19.2 Å². The van der Waals surface area contributed by atoms with Crippen LogP contribution in [0.25, 0.3) is 33.1 Å². The topological polar surface area (TPSA) is 96.7 Å². The summed E-state index contributed by atoms with van der Waals surface area (Å²) in [5, 5.41) is 16.4. The standard InChI is InChI=1S/C30H26FN5O4S/c31-24-14-22-25(35(21-7-8-21)16-23(27(22)37)29(38)39)15-26(24)34-11-9-33(10-12-34)17-36-30(41)40-28(32-36)20-6-5-18-3-1-2-4-19(18)13-20/h1-6,13-16,21H,7-12,17H2,(H,38,39). The summed E-state index contributed by atoms with van der Waals surface area (Å²) < 4.78 is 24.6. The molecule has 2 fully saturated rings. The molecule has 3 heterocycles. The van der Waals surface area contributed by atoms with Gasteiger partial charge >= 0.3 is 5.97 Å². The molecule has 0 spiro atoms. The molecule has 9 nitrogen and oxygen atoms in total. The molecule has 0 bridgehead atoms. The van der Waals surface area contributed by atoms with Crippen LogP contribution in [0.5, 0.6) is 0 Å². The number of piperazine rings is 1. The maximum Gasteiger partial charge on any atom is 0.341 e. The molecule has 2 aromatic heterocycles. The lowest BCUT2D eigenvalue weighted by atomic mass is 10.1. The van der Waals surface area contributed by atoms with Crippen molar-refractivity contribution in [1.29, 1.82) is 0 Å². The van der Waals surface area contributed by atoms with E-state index in [0.717, 1.165) is 29.2 Å². The van der Waals surface area contributed by atoms with Crippen LogP contribution in [0.1, 0.15) is 29.2 Å². The number of hydrogen-bond donors (Lipinski definition) is 1. The van der Waals surface area contributed by atoms with Crippen molar-refractivity contribution in [3.05, 3.63) is 87.2 Å². The van der Waals surface area contributed by atoms with Crippen LogP contribution in [0, 0.1) is 10.7 Å². The largest absolute Gasteiger partial charge is 0.477 e. The van der Waals surface area contributed by atoms with Crippen LogP contribution in [-0.4, -0.2) is 56.5 Å². The molecule has 0 amide bonds. The summed E-state index contributed by atoms with van der Waals surface area (Å²) in [7, 11) is 0. The third-order valence-corrected chi connectivity index (χ3v) is 8.22. The average molecular weight is 572 g/mol. The van der Waals surface area contributed by atoms with Gasteiger partial charge in [-0.05, 0) is 60.1 Å². The quantitative estimate of drug-likeness (QED) is 0.275. The molecule has 1 aliphatic carbocycles. The Morgan fingerprint density at radius 2 is 1.80 bits per heavy atom. The number of aromatic carboxylic acids is 1. The Kier molecular flexibility index (Phi) is 6.20. The van der Waals surface area contributed by atoms with Gasteiger partial charge in [0.25, 0.3) is 4.84 Å². The summed E-state index contributed by atoms with van der Waals surface area (Å²) in [6.07, 6.45) is 3.20. The zero-order valence-electron chi connectivity index (χ0n) is 22.0. The second-order valence-corrected chi connectivity index (χ2v) is 11.0. The SMILES string of the molecule is O=C(O)c1cn(C2CC2)c2cc(N3CCN(Cn4nc(-c5ccc6ccccc6c5)oc4=S)CC3)c(F)cc2c1=O. The maximum atomic E-state index is 15.3. The Morgan fingerprint density at radius 1 is 1.05 bits per heavy atom. The first kappa shape index (κ1) is 25.6. The molecule has 11 heteroatoms. The van der Waals surface area contributed by atoms with Gasteiger partial charge in [-0.2, -0.15) is 0 Å². The number of benzene rings is 3. The second kappa shape index (κ2) is 9.93. The Morgan fingerprint density at radius 3 is 2.54 bits per heavy atom. The minimum Gasteiger partial charge on any atom is -0.477 e. The van der Waals surface area contributed by atoms with E-state index in [-0.39, 0.29) is 21.8 Å². The fraction of sp³-hybridized carbons (Fsp3) is 0.267. The predicted octanol–water partition coefficient (Wildman–Crippen LogP) is 5.29. The van der Waals surface area contributed by atoms with E-state index in [1.54, 1.807) is 10.7 Å². The smallest absolute Gasteiger partial charge is 0.341 e. The molecule has 208 valence electrons. The van der Waals surface area contributed by atoms with Crippen LogP contribution >= 0.6 is 12.2 Å². The molecule has 0 radical (unpaired) electrons. The van der Waals surface area contributed by atoms with Crippen molar-refractivity contribution in [3.63, 3.8) is 0 Å². The van der Waals surface area contributed by atoms with Gasteiger partial charge in [0.1, 0.15) is 11.4 Å². The summed E-state index contributed by atoms with van der Waals surface area (Å²) in [4.78, 5) is 28.8. The molecule has 2 aliphatic rings. The van der Waals surface area contributed by atoms with E-state index in [0.29, 0.717) is 49.9 Å². The Balaban J connectivity index is 1.09. The van der Waals surface area contributed by atoms with Crippen LogP contribution in [0.4, 0.5) is 10.1 Å². The zero-order valence-corrected chi connectivity index (χ0v) is 22.8. The molecule has 1 aliphatic heterocycles. The first-order valence-electron chi connectivity index (χ1n) is 13.5. The Labute approximate surface area is 238 Å². The van der Waals surface area contributed by atoms with Gasteiger partial charge in [-0.25, -0.2) is 13.9 Å². The molecule has 1 saturated carbocycles. The number of halogens is 1. The fourth-order valence-electron chi connectivity index (χ4n) is 5.56. The van der Waals surface area contributed by atoms with Crippen molar-refractivity contribution < 1.29 is 18.7 Å². The summed E-state index contributed by atoms with van der Waals surface area (Å²) in [5.74, 6) is -1.37. The van der Waals surface area contributed by atoms with Crippen LogP contribution < -0.4 is 10.3 Å². The van der Waals surface area contributed by atoms with E-state index in [4.69, 9.17) is 16.6 Å². The summed E-state index contributed by atoms with van der Waals surface area (Å²) >= 11 is 5.46. The van der Waals surface area contributed by atoms with Gasteiger partial charge in [-0.15, -0.1) is 5.10 Å². The number of carboxylic acid groups (broad SMARTS) is 1. The normalized spacial score (nSPS) is 16.1. The van der Waals surface area contributed by atoms with E-state index < -0.39 is 17.2 Å². The van der Waals surface area contributed by atoms with Crippen molar-refractivity contribution in [2.24, 2.45) is 0 Å². The Hall–Kier alpha value is -4.35. The minimum absolute atomic E-state index is 0.0966. The number of fused-ring (bicyclic) bond motifs is 2. The number of carbonyl (C=O) groups is 1. The van der Waals surface area contributed by atoms with Gasteiger partial charge in [-0.1, -0.05) is 30.3 Å². The van der Waals surface area contributed by atoms with Crippen molar-refractivity contribution in [3.8, 4) is 11.5 Å². The van der Waals surface area contributed by atoms with Crippen LogP contribution in [0.15, 0.2) is 70.0 Å². The highest BCUT2D eigenvalue weighted by Crippen LogP contribution is 2.38. The van der Waals surface area contributed by atoms with Crippen LogP contribution in [-0.2, 0) is 6.67 Å².